The Balaban J connectivity index is 1.68. The number of hydrogen-bond acceptors (Lipinski definition) is 3. The predicted molar refractivity (Wildman–Crippen MR) is 69.5 cm³/mol. The number of carbonyl (C=O) groups is 1. The number of carboxylic acid groups (broad SMARTS) is 1. The second-order valence-electron chi connectivity index (χ2n) is 6.04. The molecule has 104 valence electrons. The van der Waals surface area contributed by atoms with Crippen molar-refractivity contribution in [3.8, 4) is 0 Å². The lowest BCUT2D eigenvalue weighted by Gasteiger charge is -2.33. The highest BCUT2D eigenvalue weighted by Gasteiger charge is 2.31. The minimum atomic E-state index is -0.822. The largest absolute Gasteiger partial charge is 0.479 e. The first-order valence-corrected chi connectivity index (χ1v) is 7.18. The molecule has 0 aromatic heterocycles. The van der Waals surface area contributed by atoms with Gasteiger partial charge in [-0.3, -0.25) is 0 Å². The fourth-order valence-electron chi connectivity index (χ4n) is 3.07. The Labute approximate surface area is 109 Å². The molecule has 1 aliphatic heterocycles. The maximum Gasteiger partial charge on any atom is 0.332 e. The van der Waals surface area contributed by atoms with Gasteiger partial charge in [0.25, 0.3) is 0 Å². The van der Waals surface area contributed by atoms with Crippen molar-refractivity contribution < 1.29 is 14.6 Å². The van der Waals surface area contributed by atoms with Gasteiger partial charge < -0.3 is 15.2 Å². The molecule has 2 aliphatic rings. The van der Waals surface area contributed by atoms with Crippen molar-refractivity contribution in [2.45, 2.75) is 64.2 Å². The van der Waals surface area contributed by atoms with E-state index in [2.05, 4.69) is 19.2 Å². The summed E-state index contributed by atoms with van der Waals surface area (Å²) < 4.78 is 5.50. The molecule has 0 aromatic rings. The average Bonchev–Trinajstić information content (AvgIpc) is 2.79. The summed E-state index contributed by atoms with van der Waals surface area (Å²) in [7, 11) is 0. The minimum Gasteiger partial charge on any atom is -0.479 e. The van der Waals surface area contributed by atoms with Crippen LogP contribution < -0.4 is 5.32 Å². The summed E-state index contributed by atoms with van der Waals surface area (Å²) in [6.07, 6.45) is 4.78. The van der Waals surface area contributed by atoms with Crippen molar-refractivity contribution in [1.82, 2.24) is 5.32 Å². The zero-order valence-corrected chi connectivity index (χ0v) is 11.4. The van der Waals surface area contributed by atoms with Crippen molar-refractivity contribution in [2.24, 2.45) is 11.8 Å². The molecular weight excluding hydrogens is 230 g/mol. The Bertz CT molecular complexity index is 295. The molecule has 0 radical (unpaired) electrons. The van der Waals surface area contributed by atoms with Crippen LogP contribution in [0.15, 0.2) is 0 Å². The molecule has 1 heterocycles. The molecule has 18 heavy (non-hydrogen) atoms. The topological polar surface area (TPSA) is 58.6 Å². The third-order valence-electron chi connectivity index (χ3n) is 4.62. The highest BCUT2D eigenvalue weighted by molar-refractivity contribution is 5.72. The maximum absolute atomic E-state index is 10.8. The standard InChI is InChI=1S/C14H25NO3/c1-9-3-4-11(7-10(9)2)15-8-12-5-6-13(18-12)14(16)17/h9-13,15H,3-8H2,1-2H3,(H,16,17). The zero-order valence-electron chi connectivity index (χ0n) is 11.4. The van der Waals surface area contributed by atoms with Crippen LogP contribution >= 0.6 is 0 Å². The van der Waals surface area contributed by atoms with Gasteiger partial charge in [0.2, 0.25) is 0 Å². The van der Waals surface area contributed by atoms with E-state index in [-0.39, 0.29) is 6.10 Å². The third-order valence-corrected chi connectivity index (χ3v) is 4.62. The molecule has 2 N–H and O–H groups in total. The molecule has 2 fully saturated rings. The molecule has 4 heteroatoms. The van der Waals surface area contributed by atoms with E-state index in [1.807, 2.05) is 0 Å². The number of aliphatic carboxylic acids is 1. The van der Waals surface area contributed by atoms with Gasteiger partial charge in [-0.1, -0.05) is 13.8 Å². The van der Waals surface area contributed by atoms with Crippen molar-refractivity contribution in [3.63, 3.8) is 0 Å². The molecule has 0 amide bonds. The lowest BCUT2D eigenvalue weighted by Crippen LogP contribution is -2.40. The smallest absolute Gasteiger partial charge is 0.332 e. The summed E-state index contributed by atoms with van der Waals surface area (Å²) in [5, 5.41) is 12.4. The van der Waals surface area contributed by atoms with E-state index in [1.165, 1.54) is 19.3 Å². The number of carboxylic acids is 1. The average molecular weight is 255 g/mol. The summed E-state index contributed by atoms with van der Waals surface area (Å²) in [6.45, 7) is 5.46. The van der Waals surface area contributed by atoms with Crippen LogP contribution in [-0.4, -0.2) is 35.9 Å². The van der Waals surface area contributed by atoms with Gasteiger partial charge in [0.1, 0.15) is 0 Å². The van der Waals surface area contributed by atoms with E-state index in [4.69, 9.17) is 9.84 Å². The highest BCUT2D eigenvalue weighted by Crippen LogP contribution is 2.29. The highest BCUT2D eigenvalue weighted by atomic mass is 16.5. The molecule has 5 unspecified atom stereocenters. The van der Waals surface area contributed by atoms with Crippen molar-refractivity contribution in [2.75, 3.05) is 6.54 Å². The van der Waals surface area contributed by atoms with Gasteiger partial charge in [-0.15, -0.1) is 0 Å². The molecule has 0 spiro atoms. The fourth-order valence-corrected chi connectivity index (χ4v) is 3.07. The second-order valence-corrected chi connectivity index (χ2v) is 6.04. The van der Waals surface area contributed by atoms with Crippen LogP contribution in [0.5, 0.6) is 0 Å². The summed E-state index contributed by atoms with van der Waals surface area (Å²) in [6, 6.07) is 0.587. The quantitative estimate of drug-likeness (QED) is 0.807. The van der Waals surface area contributed by atoms with E-state index in [0.717, 1.165) is 24.8 Å². The SMILES string of the molecule is CC1CCC(NCC2CCC(C(=O)O)O2)CC1C. The van der Waals surface area contributed by atoms with Crippen molar-refractivity contribution in [1.29, 1.82) is 0 Å². The van der Waals surface area contributed by atoms with E-state index in [9.17, 15) is 4.79 Å². The van der Waals surface area contributed by atoms with Crippen LogP contribution in [0.4, 0.5) is 0 Å². The molecule has 1 saturated carbocycles. The number of nitrogens with one attached hydrogen (secondary N) is 1. The Morgan fingerprint density at radius 3 is 2.61 bits per heavy atom. The predicted octanol–water partition coefficient (Wildman–Crippen LogP) is 2.03. The molecule has 0 bridgehead atoms. The van der Waals surface area contributed by atoms with E-state index >= 15 is 0 Å². The molecule has 1 aliphatic carbocycles. The minimum absolute atomic E-state index is 0.0840. The van der Waals surface area contributed by atoms with E-state index < -0.39 is 12.1 Å². The van der Waals surface area contributed by atoms with Gasteiger partial charge in [0.15, 0.2) is 6.10 Å². The Hall–Kier alpha value is -0.610. The molecule has 5 atom stereocenters. The number of ether oxygens (including phenoxy) is 1. The Kier molecular flexibility index (Phi) is 4.62. The van der Waals surface area contributed by atoms with Crippen molar-refractivity contribution >= 4 is 5.97 Å². The molecule has 1 saturated heterocycles. The first-order chi connectivity index (χ1) is 8.56. The Morgan fingerprint density at radius 2 is 2.00 bits per heavy atom. The number of hydrogen-bond donors (Lipinski definition) is 2. The first-order valence-electron chi connectivity index (χ1n) is 7.18. The van der Waals surface area contributed by atoms with Crippen LogP contribution in [0.2, 0.25) is 0 Å². The molecule has 2 rings (SSSR count). The van der Waals surface area contributed by atoms with Gasteiger partial charge in [0.05, 0.1) is 6.10 Å². The molecule has 4 nitrogen and oxygen atoms in total. The third kappa shape index (κ3) is 3.45. The lowest BCUT2D eigenvalue weighted by molar-refractivity contribution is -0.149. The first kappa shape index (κ1) is 13.8. The van der Waals surface area contributed by atoms with Gasteiger partial charge in [-0.25, -0.2) is 4.79 Å². The maximum atomic E-state index is 10.8. The van der Waals surface area contributed by atoms with E-state index in [0.29, 0.717) is 12.5 Å². The van der Waals surface area contributed by atoms with Crippen LogP contribution in [0, 0.1) is 11.8 Å². The van der Waals surface area contributed by atoms with Gasteiger partial charge in [0, 0.05) is 12.6 Å². The number of rotatable bonds is 4. The molecular formula is C14H25NO3. The summed E-state index contributed by atoms with van der Waals surface area (Å²) >= 11 is 0. The van der Waals surface area contributed by atoms with Crippen LogP contribution in [0.25, 0.3) is 0 Å². The summed E-state index contributed by atoms with van der Waals surface area (Å²) in [5.41, 5.74) is 0. The van der Waals surface area contributed by atoms with Crippen LogP contribution in [0.1, 0.15) is 46.0 Å². The second kappa shape index (κ2) is 6.02. The summed E-state index contributed by atoms with van der Waals surface area (Å²) in [5.74, 6) is 0.798. The van der Waals surface area contributed by atoms with Gasteiger partial charge >= 0.3 is 5.97 Å². The van der Waals surface area contributed by atoms with Crippen LogP contribution in [-0.2, 0) is 9.53 Å². The van der Waals surface area contributed by atoms with E-state index in [1.54, 1.807) is 0 Å². The lowest BCUT2D eigenvalue weighted by atomic mass is 9.79. The van der Waals surface area contributed by atoms with Crippen LogP contribution in [0.3, 0.4) is 0 Å². The van der Waals surface area contributed by atoms with Gasteiger partial charge in [-0.05, 0) is 43.9 Å². The Morgan fingerprint density at radius 1 is 1.22 bits per heavy atom. The van der Waals surface area contributed by atoms with Gasteiger partial charge in [-0.2, -0.15) is 0 Å². The normalized spacial score (nSPS) is 40.9. The van der Waals surface area contributed by atoms with Crippen molar-refractivity contribution in [3.05, 3.63) is 0 Å². The zero-order chi connectivity index (χ0) is 13.1. The monoisotopic (exact) mass is 255 g/mol. The summed E-state index contributed by atoms with van der Waals surface area (Å²) in [4.78, 5) is 10.8. The fraction of sp³-hybridized carbons (Fsp3) is 0.929. The molecule has 0 aromatic carbocycles.